The van der Waals surface area contributed by atoms with Gasteiger partial charge in [-0.1, -0.05) is 64.8 Å². The second-order valence-electron chi connectivity index (χ2n) is 9.34. The van der Waals surface area contributed by atoms with Crippen molar-refractivity contribution in [2.24, 2.45) is 0 Å². The second kappa shape index (κ2) is 13.6. The highest BCUT2D eigenvalue weighted by atomic mass is 16.5. The van der Waals surface area contributed by atoms with Crippen molar-refractivity contribution in [3.63, 3.8) is 0 Å². The number of allylic oxidation sites excluding steroid dienone is 6. The van der Waals surface area contributed by atoms with Gasteiger partial charge >= 0.3 is 5.97 Å². The maximum Gasteiger partial charge on any atom is 0.339 e. The van der Waals surface area contributed by atoms with Gasteiger partial charge in [0.05, 0.1) is 5.56 Å². The van der Waals surface area contributed by atoms with Gasteiger partial charge in [-0.3, -0.25) is 0 Å². The summed E-state index contributed by atoms with van der Waals surface area (Å²) in [6.07, 6.45) is 13.3. The summed E-state index contributed by atoms with van der Waals surface area (Å²) < 4.78 is 6.03. The molecule has 0 bridgehead atoms. The fourth-order valence-electron chi connectivity index (χ4n) is 3.68. The van der Waals surface area contributed by atoms with Crippen molar-refractivity contribution in [1.29, 1.82) is 0 Å². The first-order valence-electron chi connectivity index (χ1n) is 12.0. The molecule has 2 rings (SSSR count). The van der Waals surface area contributed by atoms with Crippen LogP contribution in [0.15, 0.2) is 83.0 Å². The zero-order chi connectivity index (χ0) is 24.2. The lowest BCUT2D eigenvalue weighted by molar-refractivity contribution is 0.0400. The smallest absolute Gasteiger partial charge is 0.339 e. The summed E-state index contributed by atoms with van der Waals surface area (Å²) in [6, 6.07) is 14.6. The third kappa shape index (κ3) is 9.65. The lowest BCUT2D eigenvalue weighted by Crippen LogP contribution is -2.17. The Hall–Kier alpha value is -2.87. The van der Waals surface area contributed by atoms with Gasteiger partial charge in [0.1, 0.15) is 6.10 Å². The molecule has 0 aliphatic heterocycles. The molecular weight excluding hydrogens is 404 g/mol. The first-order chi connectivity index (χ1) is 15.8. The van der Waals surface area contributed by atoms with E-state index in [-0.39, 0.29) is 12.1 Å². The highest BCUT2D eigenvalue weighted by molar-refractivity contribution is 6.04. The number of fused-ring (bicyclic) bond motifs is 1. The standard InChI is InChI=1S/C31H39O2/c1-23(2)12-9-14-25(5)20-21-28(22-26(6)15-10-13-24(3)4)33-31(32)30-19-11-17-27-16-7-8-18-29(27)30/h7-8,12-13,16-20,22,28H,9-10,14-15,21H2,1-6H3/b25-20+,26-22+. The van der Waals surface area contributed by atoms with Crippen LogP contribution in [0.25, 0.3) is 10.8 Å². The summed E-state index contributed by atoms with van der Waals surface area (Å²) in [5.41, 5.74) is 5.80. The van der Waals surface area contributed by atoms with Crippen LogP contribution in [0.3, 0.4) is 0 Å². The van der Waals surface area contributed by atoms with E-state index < -0.39 is 0 Å². The van der Waals surface area contributed by atoms with Crippen LogP contribution in [0.2, 0.25) is 0 Å². The molecule has 1 radical (unpaired) electrons. The van der Waals surface area contributed by atoms with E-state index >= 15 is 0 Å². The van der Waals surface area contributed by atoms with E-state index in [9.17, 15) is 4.79 Å². The molecule has 0 spiro atoms. The number of ether oxygens (including phenoxy) is 1. The van der Waals surface area contributed by atoms with Gasteiger partial charge in [0.2, 0.25) is 0 Å². The van der Waals surface area contributed by atoms with Crippen molar-refractivity contribution in [2.45, 2.75) is 79.8 Å². The van der Waals surface area contributed by atoms with E-state index in [0.29, 0.717) is 12.0 Å². The van der Waals surface area contributed by atoms with Gasteiger partial charge in [-0.15, -0.1) is 0 Å². The monoisotopic (exact) mass is 443 g/mol. The summed E-state index contributed by atoms with van der Waals surface area (Å²) in [7, 11) is 0. The number of carbonyl (C=O) groups is 1. The number of rotatable bonds is 11. The van der Waals surface area contributed by atoms with Crippen molar-refractivity contribution in [2.75, 3.05) is 0 Å². The quantitative estimate of drug-likeness (QED) is 0.256. The minimum atomic E-state index is -0.294. The van der Waals surface area contributed by atoms with E-state index in [4.69, 9.17) is 4.74 Å². The largest absolute Gasteiger partial charge is 0.454 e. The number of benzene rings is 2. The van der Waals surface area contributed by atoms with Crippen LogP contribution >= 0.6 is 0 Å². The van der Waals surface area contributed by atoms with Crippen molar-refractivity contribution in [1.82, 2.24) is 0 Å². The first kappa shape index (κ1) is 26.4. The molecule has 0 heterocycles. The Balaban J connectivity index is 2.19. The molecule has 2 nitrogen and oxygen atoms in total. The van der Waals surface area contributed by atoms with Gasteiger partial charge in [0.25, 0.3) is 0 Å². The Bertz CT molecular complexity index is 1040. The molecule has 0 saturated heterocycles. The van der Waals surface area contributed by atoms with Crippen LogP contribution in [-0.4, -0.2) is 12.1 Å². The van der Waals surface area contributed by atoms with E-state index in [1.165, 1.54) is 22.3 Å². The van der Waals surface area contributed by atoms with Gasteiger partial charge in [0.15, 0.2) is 0 Å². The highest BCUT2D eigenvalue weighted by Crippen LogP contribution is 2.21. The van der Waals surface area contributed by atoms with Crippen molar-refractivity contribution < 1.29 is 9.53 Å². The molecule has 33 heavy (non-hydrogen) atoms. The van der Waals surface area contributed by atoms with E-state index in [2.05, 4.69) is 71.9 Å². The van der Waals surface area contributed by atoms with Crippen molar-refractivity contribution in [3.05, 3.63) is 94.6 Å². The summed E-state index contributed by atoms with van der Waals surface area (Å²) in [6.45, 7) is 12.8. The lowest BCUT2D eigenvalue weighted by atomic mass is 10.0. The summed E-state index contributed by atoms with van der Waals surface area (Å²) in [5.74, 6) is -0.294. The topological polar surface area (TPSA) is 26.3 Å². The second-order valence-corrected chi connectivity index (χ2v) is 9.34. The van der Waals surface area contributed by atoms with Crippen LogP contribution < -0.4 is 0 Å². The number of hydrogen-bond acceptors (Lipinski definition) is 2. The van der Waals surface area contributed by atoms with Gasteiger partial charge in [-0.2, -0.15) is 0 Å². The predicted molar refractivity (Wildman–Crippen MR) is 141 cm³/mol. The molecule has 0 saturated carbocycles. The van der Waals surface area contributed by atoms with E-state index in [1.807, 2.05) is 30.3 Å². The summed E-state index contributed by atoms with van der Waals surface area (Å²) in [5, 5.41) is 1.89. The lowest BCUT2D eigenvalue weighted by Gasteiger charge is -2.16. The minimum absolute atomic E-state index is 0.290. The average Bonchev–Trinajstić information content (AvgIpc) is 2.76. The maximum absolute atomic E-state index is 13.1. The third-order valence-corrected chi connectivity index (χ3v) is 5.55. The molecule has 0 N–H and O–H groups in total. The Morgan fingerprint density at radius 2 is 1.52 bits per heavy atom. The molecule has 175 valence electrons. The minimum Gasteiger partial charge on any atom is -0.454 e. The fraction of sp³-hybridized carbons (Fsp3) is 0.387. The van der Waals surface area contributed by atoms with Crippen LogP contribution in [0.1, 0.15) is 84.0 Å². The number of hydrogen-bond donors (Lipinski definition) is 0. The zero-order valence-electron chi connectivity index (χ0n) is 21.2. The Morgan fingerprint density at radius 3 is 2.18 bits per heavy atom. The van der Waals surface area contributed by atoms with Crippen LogP contribution in [0, 0.1) is 6.07 Å². The Kier molecular flexibility index (Phi) is 10.9. The van der Waals surface area contributed by atoms with E-state index in [1.54, 1.807) is 6.07 Å². The third-order valence-electron chi connectivity index (χ3n) is 5.55. The van der Waals surface area contributed by atoms with Crippen LogP contribution in [-0.2, 0) is 4.74 Å². The molecule has 2 aromatic rings. The SMILES string of the molecule is CC(C)=CCC/C(C)=C/CC(/C=C(\C)CCC=C(C)C)OC(=O)c1c[c]cc2ccccc12. The van der Waals surface area contributed by atoms with Gasteiger partial charge in [-0.05, 0) is 102 Å². The molecule has 1 atom stereocenters. The Labute approximate surface area is 200 Å². The summed E-state index contributed by atoms with van der Waals surface area (Å²) >= 11 is 0. The van der Waals surface area contributed by atoms with Crippen LogP contribution in [0.5, 0.6) is 0 Å². The molecule has 1 unspecified atom stereocenters. The number of esters is 1. The Morgan fingerprint density at radius 1 is 0.879 bits per heavy atom. The van der Waals surface area contributed by atoms with Crippen molar-refractivity contribution >= 4 is 16.7 Å². The molecule has 0 aliphatic rings. The number of carbonyl (C=O) groups excluding carboxylic acids is 1. The maximum atomic E-state index is 13.1. The molecule has 0 aromatic heterocycles. The normalized spacial score (nSPS) is 12.9. The van der Waals surface area contributed by atoms with Crippen LogP contribution in [0.4, 0.5) is 0 Å². The highest BCUT2D eigenvalue weighted by Gasteiger charge is 2.16. The van der Waals surface area contributed by atoms with Gasteiger partial charge in [0, 0.05) is 6.42 Å². The fourth-order valence-corrected chi connectivity index (χ4v) is 3.68. The van der Waals surface area contributed by atoms with Gasteiger partial charge in [-0.25, -0.2) is 4.79 Å². The molecule has 0 aliphatic carbocycles. The van der Waals surface area contributed by atoms with E-state index in [0.717, 1.165) is 36.5 Å². The van der Waals surface area contributed by atoms with Gasteiger partial charge < -0.3 is 4.74 Å². The molecule has 0 fully saturated rings. The first-order valence-corrected chi connectivity index (χ1v) is 12.0. The summed E-state index contributed by atoms with van der Waals surface area (Å²) in [4.78, 5) is 13.1. The molecule has 2 aromatic carbocycles. The molecule has 2 heteroatoms. The average molecular weight is 444 g/mol. The zero-order valence-corrected chi connectivity index (χ0v) is 21.2. The molecule has 0 amide bonds. The predicted octanol–water partition coefficient (Wildman–Crippen LogP) is 8.94. The molecular formula is C31H39O2. The van der Waals surface area contributed by atoms with Crippen molar-refractivity contribution in [3.8, 4) is 0 Å².